The highest BCUT2D eigenvalue weighted by molar-refractivity contribution is 5.90. The smallest absolute Gasteiger partial charge is 0.309 e. The van der Waals surface area contributed by atoms with Gasteiger partial charge in [0, 0.05) is 6.42 Å². The number of hydrogen-bond donors (Lipinski definition) is 3. The summed E-state index contributed by atoms with van der Waals surface area (Å²) in [5.41, 5.74) is 6.51. The van der Waals surface area contributed by atoms with Gasteiger partial charge in [-0.1, -0.05) is 6.92 Å². The maximum atomic E-state index is 11.6. The molecule has 0 aromatic carbocycles. The molecular formula is C13H19N3O3. The summed E-state index contributed by atoms with van der Waals surface area (Å²) in [5.74, 6) is -0.699. The number of amides is 1. The highest BCUT2D eigenvalue weighted by Crippen LogP contribution is 2.09. The third kappa shape index (κ3) is 5.96. The van der Waals surface area contributed by atoms with Crippen LogP contribution in [-0.4, -0.2) is 28.5 Å². The Morgan fingerprint density at radius 2 is 2.21 bits per heavy atom. The number of carboxylic acid groups (broad SMARTS) is 1. The molecule has 1 heterocycles. The number of aromatic nitrogens is 1. The SMILES string of the molecule is CC(CN)CCC(=O)Nc1ccc(CC(=O)O)nc1. The van der Waals surface area contributed by atoms with E-state index >= 15 is 0 Å². The van der Waals surface area contributed by atoms with Gasteiger partial charge >= 0.3 is 5.97 Å². The third-order valence-electron chi connectivity index (χ3n) is 2.71. The highest BCUT2D eigenvalue weighted by Gasteiger charge is 2.07. The van der Waals surface area contributed by atoms with Gasteiger partial charge in [0.2, 0.25) is 5.91 Å². The van der Waals surface area contributed by atoms with Crippen molar-refractivity contribution in [2.75, 3.05) is 11.9 Å². The molecule has 0 spiro atoms. The molecule has 0 saturated heterocycles. The van der Waals surface area contributed by atoms with Crippen molar-refractivity contribution in [3.05, 3.63) is 24.0 Å². The number of aliphatic carboxylic acids is 1. The van der Waals surface area contributed by atoms with Crippen LogP contribution >= 0.6 is 0 Å². The van der Waals surface area contributed by atoms with E-state index in [2.05, 4.69) is 10.3 Å². The molecule has 6 nitrogen and oxygen atoms in total. The Bertz CT molecular complexity index is 431. The summed E-state index contributed by atoms with van der Waals surface area (Å²) in [6.45, 7) is 2.56. The van der Waals surface area contributed by atoms with Crippen LogP contribution in [0.15, 0.2) is 18.3 Å². The highest BCUT2D eigenvalue weighted by atomic mass is 16.4. The van der Waals surface area contributed by atoms with Crippen molar-refractivity contribution >= 4 is 17.6 Å². The van der Waals surface area contributed by atoms with E-state index in [1.54, 1.807) is 12.1 Å². The van der Waals surface area contributed by atoms with Gasteiger partial charge in [0.25, 0.3) is 0 Å². The minimum atomic E-state index is -0.931. The van der Waals surface area contributed by atoms with Gasteiger partial charge in [0.1, 0.15) is 0 Å². The van der Waals surface area contributed by atoms with Crippen LogP contribution < -0.4 is 11.1 Å². The Kier molecular flexibility index (Phi) is 5.95. The maximum absolute atomic E-state index is 11.6. The average molecular weight is 265 g/mol. The molecular weight excluding hydrogens is 246 g/mol. The van der Waals surface area contributed by atoms with Gasteiger partial charge in [-0.05, 0) is 31.0 Å². The largest absolute Gasteiger partial charge is 0.481 e. The zero-order valence-electron chi connectivity index (χ0n) is 10.9. The average Bonchev–Trinajstić information content (AvgIpc) is 2.37. The minimum Gasteiger partial charge on any atom is -0.481 e. The third-order valence-corrected chi connectivity index (χ3v) is 2.71. The number of nitrogens with one attached hydrogen (secondary N) is 1. The molecule has 0 aliphatic heterocycles. The minimum absolute atomic E-state index is 0.0897. The second-order valence-electron chi connectivity index (χ2n) is 4.54. The van der Waals surface area contributed by atoms with E-state index in [1.807, 2.05) is 6.92 Å². The van der Waals surface area contributed by atoms with Gasteiger partial charge in [-0.15, -0.1) is 0 Å². The Hall–Kier alpha value is -1.95. The predicted molar refractivity (Wildman–Crippen MR) is 71.7 cm³/mol. The summed E-state index contributed by atoms with van der Waals surface area (Å²) in [6, 6.07) is 3.24. The molecule has 0 bridgehead atoms. The molecule has 4 N–H and O–H groups in total. The van der Waals surface area contributed by atoms with Crippen molar-refractivity contribution in [1.82, 2.24) is 4.98 Å². The lowest BCUT2D eigenvalue weighted by Crippen LogP contribution is -2.16. The molecule has 1 unspecified atom stereocenters. The standard InChI is InChI=1S/C13H19N3O3/c1-9(7-14)2-5-12(17)16-11-4-3-10(15-8-11)6-13(18)19/h3-4,8-9H,2,5-7,14H2,1H3,(H,16,17)(H,18,19). The van der Waals surface area contributed by atoms with Crippen molar-refractivity contribution in [2.24, 2.45) is 11.7 Å². The van der Waals surface area contributed by atoms with E-state index in [-0.39, 0.29) is 12.3 Å². The normalized spacial score (nSPS) is 11.9. The number of nitrogens with zero attached hydrogens (tertiary/aromatic N) is 1. The van der Waals surface area contributed by atoms with Crippen molar-refractivity contribution < 1.29 is 14.7 Å². The molecule has 0 saturated carbocycles. The Labute approximate surface area is 112 Å². The van der Waals surface area contributed by atoms with Gasteiger partial charge in [-0.3, -0.25) is 14.6 Å². The van der Waals surface area contributed by atoms with Gasteiger partial charge < -0.3 is 16.2 Å². The lowest BCUT2D eigenvalue weighted by atomic mass is 10.1. The van der Waals surface area contributed by atoms with Gasteiger partial charge in [-0.25, -0.2) is 0 Å². The monoisotopic (exact) mass is 265 g/mol. The lowest BCUT2D eigenvalue weighted by molar-refractivity contribution is -0.136. The summed E-state index contributed by atoms with van der Waals surface area (Å²) >= 11 is 0. The van der Waals surface area contributed by atoms with Crippen molar-refractivity contribution in [3.63, 3.8) is 0 Å². The summed E-state index contributed by atoms with van der Waals surface area (Å²) in [6.07, 6.45) is 2.49. The number of carbonyl (C=O) groups excluding carboxylic acids is 1. The van der Waals surface area contributed by atoms with Crippen LogP contribution in [0.4, 0.5) is 5.69 Å². The van der Waals surface area contributed by atoms with Crippen molar-refractivity contribution in [2.45, 2.75) is 26.2 Å². The van der Waals surface area contributed by atoms with Crippen LogP contribution in [0.25, 0.3) is 0 Å². The molecule has 104 valence electrons. The molecule has 1 amide bonds. The topological polar surface area (TPSA) is 105 Å². The van der Waals surface area contributed by atoms with Crippen LogP contribution in [-0.2, 0) is 16.0 Å². The fourth-order valence-corrected chi connectivity index (χ4v) is 1.48. The number of pyridine rings is 1. The van der Waals surface area contributed by atoms with E-state index in [4.69, 9.17) is 10.8 Å². The molecule has 0 aliphatic carbocycles. The molecule has 19 heavy (non-hydrogen) atoms. The Morgan fingerprint density at radius 3 is 2.74 bits per heavy atom. The van der Waals surface area contributed by atoms with E-state index in [0.29, 0.717) is 30.3 Å². The predicted octanol–water partition coefficient (Wildman–Crippen LogP) is 1.02. The quantitative estimate of drug-likeness (QED) is 0.682. The molecule has 6 heteroatoms. The Morgan fingerprint density at radius 1 is 1.47 bits per heavy atom. The zero-order valence-corrected chi connectivity index (χ0v) is 10.9. The summed E-state index contributed by atoms with van der Waals surface area (Å²) < 4.78 is 0. The fourth-order valence-electron chi connectivity index (χ4n) is 1.48. The number of hydrogen-bond acceptors (Lipinski definition) is 4. The summed E-state index contributed by atoms with van der Waals surface area (Å²) in [4.78, 5) is 26.1. The first kappa shape index (κ1) is 15.1. The number of anilines is 1. The molecule has 1 rings (SSSR count). The first-order chi connectivity index (χ1) is 9.01. The number of rotatable bonds is 7. The van der Waals surface area contributed by atoms with Crippen LogP contribution in [0.5, 0.6) is 0 Å². The van der Waals surface area contributed by atoms with E-state index in [0.717, 1.165) is 6.42 Å². The molecule has 0 fully saturated rings. The zero-order chi connectivity index (χ0) is 14.3. The Balaban J connectivity index is 2.44. The first-order valence-corrected chi connectivity index (χ1v) is 6.18. The fraction of sp³-hybridized carbons (Fsp3) is 0.462. The molecule has 1 aromatic heterocycles. The summed E-state index contributed by atoms with van der Waals surface area (Å²) in [5, 5.41) is 11.3. The second kappa shape index (κ2) is 7.48. The molecule has 1 atom stereocenters. The summed E-state index contributed by atoms with van der Waals surface area (Å²) in [7, 11) is 0. The first-order valence-electron chi connectivity index (χ1n) is 6.18. The van der Waals surface area contributed by atoms with Gasteiger partial charge in [0.05, 0.1) is 24.0 Å². The second-order valence-corrected chi connectivity index (χ2v) is 4.54. The van der Waals surface area contributed by atoms with Gasteiger partial charge in [-0.2, -0.15) is 0 Å². The number of carboxylic acids is 1. The molecule has 1 aromatic rings. The van der Waals surface area contributed by atoms with E-state index in [1.165, 1.54) is 6.20 Å². The van der Waals surface area contributed by atoms with Crippen LogP contribution in [0.1, 0.15) is 25.5 Å². The van der Waals surface area contributed by atoms with Crippen LogP contribution in [0, 0.1) is 5.92 Å². The van der Waals surface area contributed by atoms with E-state index < -0.39 is 5.97 Å². The molecule has 0 radical (unpaired) electrons. The van der Waals surface area contributed by atoms with Crippen molar-refractivity contribution in [3.8, 4) is 0 Å². The van der Waals surface area contributed by atoms with Crippen LogP contribution in [0.3, 0.4) is 0 Å². The van der Waals surface area contributed by atoms with Gasteiger partial charge in [0.15, 0.2) is 0 Å². The number of nitrogens with two attached hydrogens (primary N) is 1. The molecule has 0 aliphatic rings. The lowest BCUT2D eigenvalue weighted by Gasteiger charge is -2.08. The maximum Gasteiger partial charge on any atom is 0.309 e. The van der Waals surface area contributed by atoms with E-state index in [9.17, 15) is 9.59 Å². The number of carbonyl (C=O) groups is 2. The van der Waals surface area contributed by atoms with Crippen molar-refractivity contribution in [1.29, 1.82) is 0 Å². The van der Waals surface area contributed by atoms with Crippen LogP contribution in [0.2, 0.25) is 0 Å².